The number of nitrogens with one attached hydrogen (secondary N) is 1. The summed E-state index contributed by atoms with van der Waals surface area (Å²) in [4.78, 5) is 0. The molecule has 1 fully saturated rings. The Bertz CT molecular complexity index is 217. The van der Waals surface area contributed by atoms with E-state index in [0.29, 0.717) is 13.0 Å². The van der Waals surface area contributed by atoms with Crippen molar-refractivity contribution < 1.29 is 13.0 Å². The normalized spacial score (nSPS) is 27.6. The lowest BCUT2D eigenvalue weighted by Crippen LogP contribution is -2.35. The van der Waals surface area contributed by atoms with Crippen LogP contribution >= 0.6 is 0 Å². The first-order chi connectivity index (χ1) is 5.61. The van der Waals surface area contributed by atoms with Gasteiger partial charge in [-0.1, -0.05) is 12.8 Å². The number of hydrogen-bond donors (Lipinski definition) is 2. The maximum Gasteiger partial charge on any atom is 0.269 e. The molecule has 0 aromatic carbocycles. The van der Waals surface area contributed by atoms with E-state index in [1.165, 1.54) is 0 Å². The molecule has 0 saturated carbocycles. The van der Waals surface area contributed by atoms with Crippen LogP contribution in [0.2, 0.25) is 0 Å². The van der Waals surface area contributed by atoms with E-state index < -0.39 is 15.4 Å². The topological polar surface area (TPSA) is 66.4 Å². The predicted octanol–water partition coefficient (Wildman–Crippen LogP) is 0.406. The van der Waals surface area contributed by atoms with E-state index in [1.807, 2.05) is 0 Å². The highest BCUT2D eigenvalue weighted by atomic mass is 32.2. The van der Waals surface area contributed by atoms with E-state index in [4.69, 9.17) is 4.55 Å². The molecule has 0 aromatic heterocycles. The third kappa shape index (κ3) is 3.08. The first kappa shape index (κ1) is 9.95. The Labute approximate surface area is 73.1 Å². The van der Waals surface area contributed by atoms with E-state index in [0.717, 1.165) is 25.8 Å². The van der Waals surface area contributed by atoms with Gasteiger partial charge in [0.15, 0.2) is 0 Å². The second-order valence-electron chi connectivity index (χ2n) is 3.19. The van der Waals surface area contributed by atoms with Crippen LogP contribution in [0.3, 0.4) is 0 Å². The summed E-state index contributed by atoms with van der Waals surface area (Å²) in [6.45, 7) is 1.24. The average molecular weight is 193 g/mol. The highest BCUT2D eigenvalue weighted by molar-refractivity contribution is 7.86. The largest absolute Gasteiger partial charge is 0.315 e. The van der Waals surface area contributed by atoms with Crippen LogP contribution in [-0.2, 0) is 10.1 Å². The summed E-state index contributed by atoms with van der Waals surface area (Å²) in [5.41, 5.74) is 0. The zero-order valence-corrected chi connectivity index (χ0v) is 7.81. The van der Waals surface area contributed by atoms with Crippen molar-refractivity contribution >= 4 is 10.1 Å². The van der Waals surface area contributed by atoms with Crippen molar-refractivity contribution in [2.75, 3.05) is 13.1 Å². The molecule has 0 aliphatic carbocycles. The van der Waals surface area contributed by atoms with Gasteiger partial charge in [-0.25, -0.2) is 0 Å². The quantitative estimate of drug-likeness (QED) is 0.592. The number of hydrogen-bond acceptors (Lipinski definition) is 3. The van der Waals surface area contributed by atoms with Gasteiger partial charge in [-0.05, 0) is 19.4 Å². The molecule has 1 atom stereocenters. The Hall–Kier alpha value is -0.130. The zero-order valence-electron chi connectivity index (χ0n) is 6.99. The van der Waals surface area contributed by atoms with Crippen molar-refractivity contribution in [3.8, 4) is 0 Å². The lowest BCUT2D eigenvalue weighted by molar-refractivity contribution is 0.438. The minimum atomic E-state index is -3.83. The van der Waals surface area contributed by atoms with Crippen LogP contribution in [0, 0.1) is 0 Å². The maximum absolute atomic E-state index is 10.8. The Morgan fingerprint density at radius 3 is 2.67 bits per heavy atom. The fourth-order valence-corrected chi connectivity index (χ4v) is 2.21. The molecule has 0 bridgehead atoms. The van der Waals surface area contributed by atoms with E-state index in [1.54, 1.807) is 0 Å². The lowest BCUT2D eigenvalue weighted by atomic mass is 10.1. The molecule has 2 N–H and O–H groups in total. The van der Waals surface area contributed by atoms with Crippen LogP contribution in [-0.4, -0.2) is 31.3 Å². The molecule has 12 heavy (non-hydrogen) atoms. The molecule has 1 aliphatic heterocycles. The van der Waals surface area contributed by atoms with Crippen molar-refractivity contribution in [3.05, 3.63) is 0 Å². The zero-order chi connectivity index (χ0) is 9.03. The van der Waals surface area contributed by atoms with Gasteiger partial charge in [0.2, 0.25) is 0 Å². The van der Waals surface area contributed by atoms with Crippen LogP contribution < -0.4 is 5.32 Å². The Morgan fingerprint density at radius 2 is 2.00 bits per heavy atom. The first-order valence-corrected chi connectivity index (χ1v) is 5.78. The van der Waals surface area contributed by atoms with Gasteiger partial charge in [0.05, 0.1) is 5.25 Å². The van der Waals surface area contributed by atoms with Crippen molar-refractivity contribution in [3.63, 3.8) is 0 Å². The van der Waals surface area contributed by atoms with Gasteiger partial charge in [-0.15, -0.1) is 0 Å². The predicted molar refractivity (Wildman–Crippen MR) is 46.7 cm³/mol. The molecule has 4 nitrogen and oxygen atoms in total. The summed E-state index contributed by atoms with van der Waals surface area (Å²) in [5, 5.41) is 2.41. The van der Waals surface area contributed by atoms with Gasteiger partial charge in [0.1, 0.15) is 0 Å². The van der Waals surface area contributed by atoms with E-state index in [2.05, 4.69) is 5.32 Å². The first-order valence-electron chi connectivity index (χ1n) is 4.28. The van der Waals surface area contributed by atoms with Crippen LogP contribution in [0.25, 0.3) is 0 Å². The Morgan fingerprint density at radius 1 is 1.25 bits per heavy atom. The van der Waals surface area contributed by atoms with E-state index in [-0.39, 0.29) is 0 Å². The second kappa shape index (κ2) is 4.20. The Balaban J connectivity index is 2.51. The Kier molecular flexibility index (Phi) is 3.49. The third-order valence-electron chi connectivity index (χ3n) is 2.17. The van der Waals surface area contributed by atoms with Crippen LogP contribution in [0.5, 0.6) is 0 Å². The monoisotopic (exact) mass is 193 g/mol. The minimum Gasteiger partial charge on any atom is -0.315 e. The molecule has 72 valence electrons. The van der Waals surface area contributed by atoms with E-state index >= 15 is 0 Å². The molecular formula is C7H15NO3S. The van der Waals surface area contributed by atoms with Crippen LogP contribution in [0.1, 0.15) is 25.7 Å². The molecular weight excluding hydrogens is 178 g/mol. The molecule has 1 aliphatic rings. The van der Waals surface area contributed by atoms with Gasteiger partial charge in [-0.3, -0.25) is 4.55 Å². The second-order valence-corrected chi connectivity index (χ2v) is 4.89. The average Bonchev–Trinajstić information content (AvgIpc) is 1.81. The summed E-state index contributed by atoms with van der Waals surface area (Å²) < 4.78 is 30.3. The van der Waals surface area contributed by atoms with E-state index in [9.17, 15) is 8.42 Å². The van der Waals surface area contributed by atoms with Gasteiger partial charge < -0.3 is 5.32 Å². The molecule has 1 saturated heterocycles. The molecule has 5 heteroatoms. The summed E-state index contributed by atoms with van der Waals surface area (Å²) in [6, 6.07) is 0. The molecule has 1 unspecified atom stereocenters. The van der Waals surface area contributed by atoms with Crippen LogP contribution in [0.15, 0.2) is 0 Å². The molecule has 0 aromatic rings. The minimum absolute atomic E-state index is 0.388. The number of rotatable bonds is 1. The van der Waals surface area contributed by atoms with Crippen molar-refractivity contribution in [1.82, 2.24) is 5.32 Å². The third-order valence-corrected chi connectivity index (χ3v) is 3.42. The summed E-state index contributed by atoms with van der Waals surface area (Å²) in [6.07, 6.45) is 3.61. The van der Waals surface area contributed by atoms with Gasteiger partial charge in [-0.2, -0.15) is 8.42 Å². The standard InChI is InChI=1S/C7H15NO3S/c9-12(10,11)7-4-2-1-3-5-8-6-7/h7-8H,1-6H2,(H,9,10,11). The SMILES string of the molecule is O=S(=O)(O)C1CCCCCNC1. The van der Waals surface area contributed by atoms with Gasteiger partial charge in [0, 0.05) is 6.54 Å². The summed E-state index contributed by atoms with van der Waals surface area (Å²) in [7, 11) is -3.83. The van der Waals surface area contributed by atoms with Crippen molar-refractivity contribution in [1.29, 1.82) is 0 Å². The molecule has 1 rings (SSSR count). The van der Waals surface area contributed by atoms with Crippen molar-refractivity contribution in [2.24, 2.45) is 0 Å². The van der Waals surface area contributed by atoms with Crippen molar-refractivity contribution in [2.45, 2.75) is 30.9 Å². The van der Waals surface area contributed by atoms with Gasteiger partial charge >= 0.3 is 0 Å². The molecule has 0 radical (unpaired) electrons. The molecule has 0 spiro atoms. The summed E-state index contributed by atoms with van der Waals surface area (Å²) >= 11 is 0. The maximum atomic E-state index is 10.8. The summed E-state index contributed by atoms with van der Waals surface area (Å²) in [5.74, 6) is 0. The van der Waals surface area contributed by atoms with Gasteiger partial charge in [0.25, 0.3) is 10.1 Å². The highest BCUT2D eigenvalue weighted by Crippen LogP contribution is 2.11. The molecule has 0 amide bonds. The molecule has 1 heterocycles. The highest BCUT2D eigenvalue weighted by Gasteiger charge is 2.22. The fraction of sp³-hybridized carbons (Fsp3) is 1.00. The van der Waals surface area contributed by atoms with Crippen LogP contribution in [0.4, 0.5) is 0 Å². The lowest BCUT2D eigenvalue weighted by Gasteiger charge is -2.17. The fourth-order valence-electron chi connectivity index (χ4n) is 1.42. The smallest absolute Gasteiger partial charge is 0.269 e.